The van der Waals surface area contributed by atoms with Crippen LogP contribution in [0.5, 0.6) is 0 Å². The molecule has 2 rings (SSSR count). The molecule has 0 saturated carbocycles. The fraction of sp³-hybridized carbons (Fsp3) is 0. The molecule has 0 aliphatic carbocycles. The molecule has 0 atom stereocenters. The van der Waals surface area contributed by atoms with E-state index in [1.165, 1.54) is 0 Å². The molecule has 0 aliphatic rings. The van der Waals surface area contributed by atoms with E-state index in [4.69, 9.17) is 0 Å². The van der Waals surface area contributed by atoms with Gasteiger partial charge in [0.25, 0.3) is 0 Å². The van der Waals surface area contributed by atoms with Crippen molar-refractivity contribution < 1.29 is 13.2 Å². The van der Waals surface area contributed by atoms with E-state index in [0.717, 1.165) is 0 Å². The van der Waals surface area contributed by atoms with Gasteiger partial charge in [0.15, 0.2) is 17.5 Å². The zero-order valence-corrected chi connectivity index (χ0v) is 12.0. The Labute approximate surface area is 118 Å². The molecule has 0 bridgehead atoms. The highest BCUT2D eigenvalue weighted by Crippen LogP contribution is 2.35. The van der Waals surface area contributed by atoms with Crippen molar-refractivity contribution in [2.24, 2.45) is 0 Å². The molecule has 0 aromatic heterocycles. The predicted octanol–water partition coefficient (Wildman–Crippen LogP) is 5.14. The average molecular weight is 413 g/mol. The fourth-order valence-corrected chi connectivity index (χ4v) is 3.02. The number of hydrogen-bond donors (Lipinski definition) is 0. The predicted molar refractivity (Wildman–Crippen MR) is 72.2 cm³/mol. The summed E-state index contributed by atoms with van der Waals surface area (Å²) in [5, 5.41) is 0. The van der Waals surface area contributed by atoms with Gasteiger partial charge in [0.1, 0.15) is 0 Å². The van der Waals surface area contributed by atoms with E-state index in [2.05, 4.69) is 15.9 Å². The molecule has 0 heterocycles. The largest absolute Gasteiger partial charge is 0.204 e. The van der Waals surface area contributed by atoms with E-state index in [1.807, 2.05) is 0 Å². The quantitative estimate of drug-likeness (QED) is 0.345. The van der Waals surface area contributed by atoms with E-state index in [1.54, 1.807) is 52.9 Å². The summed E-state index contributed by atoms with van der Waals surface area (Å²) in [5.41, 5.74) is 0.393. The van der Waals surface area contributed by atoms with Crippen molar-refractivity contribution in [2.75, 3.05) is 0 Å². The van der Waals surface area contributed by atoms with Crippen LogP contribution in [0.1, 0.15) is 0 Å². The summed E-state index contributed by atoms with van der Waals surface area (Å²) in [6.45, 7) is 0. The Balaban J connectivity index is 2.80. The molecule has 0 saturated heterocycles. The second-order valence-corrected chi connectivity index (χ2v) is 5.18. The van der Waals surface area contributed by atoms with Crippen LogP contribution in [0.2, 0.25) is 0 Å². The van der Waals surface area contributed by atoms with Crippen LogP contribution in [0.25, 0.3) is 11.1 Å². The highest BCUT2D eigenvalue weighted by molar-refractivity contribution is 14.1. The summed E-state index contributed by atoms with van der Waals surface area (Å²) in [7, 11) is 0. The van der Waals surface area contributed by atoms with E-state index in [0.29, 0.717) is 5.56 Å². The van der Waals surface area contributed by atoms with Crippen molar-refractivity contribution in [3.8, 4) is 11.1 Å². The van der Waals surface area contributed by atoms with Gasteiger partial charge >= 0.3 is 0 Å². The minimum absolute atomic E-state index is 0.0515. The molecule has 0 N–H and O–H groups in total. The first-order valence-corrected chi connectivity index (χ1v) is 6.48. The van der Waals surface area contributed by atoms with Gasteiger partial charge in [-0.25, -0.2) is 13.2 Å². The van der Waals surface area contributed by atoms with Crippen LogP contribution < -0.4 is 0 Å². The number of hydrogen-bond acceptors (Lipinski definition) is 0. The Morgan fingerprint density at radius 3 is 2.06 bits per heavy atom. The zero-order chi connectivity index (χ0) is 12.6. The highest BCUT2D eigenvalue weighted by Gasteiger charge is 2.22. The molecule has 2 aromatic carbocycles. The van der Waals surface area contributed by atoms with Gasteiger partial charge in [-0.3, -0.25) is 0 Å². The van der Waals surface area contributed by atoms with Crippen LogP contribution in [0.3, 0.4) is 0 Å². The van der Waals surface area contributed by atoms with Crippen LogP contribution in [-0.2, 0) is 0 Å². The first kappa shape index (κ1) is 12.9. The summed E-state index contributed by atoms with van der Waals surface area (Å²) < 4.78 is 40.5. The van der Waals surface area contributed by atoms with Crippen molar-refractivity contribution in [2.45, 2.75) is 0 Å². The first-order chi connectivity index (χ1) is 8.04. The molecule has 0 aliphatic heterocycles. The van der Waals surface area contributed by atoms with Gasteiger partial charge in [0, 0.05) is 5.56 Å². The molecule has 0 fully saturated rings. The normalized spacial score (nSPS) is 10.6. The maximum atomic E-state index is 13.8. The summed E-state index contributed by atoms with van der Waals surface area (Å²) in [4.78, 5) is 0. The first-order valence-electron chi connectivity index (χ1n) is 4.61. The van der Waals surface area contributed by atoms with Gasteiger partial charge < -0.3 is 0 Å². The molecule has 0 unspecified atom stereocenters. The van der Waals surface area contributed by atoms with Crippen molar-refractivity contribution in [3.05, 3.63) is 55.8 Å². The molecule has 5 heteroatoms. The minimum atomic E-state index is -1.21. The second kappa shape index (κ2) is 4.97. The monoisotopic (exact) mass is 412 g/mol. The van der Waals surface area contributed by atoms with Crippen LogP contribution in [0.15, 0.2) is 34.8 Å². The minimum Gasteiger partial charge on any atom is -0.204 e. The van der Waals surface area contributed by atoms with Crippen LogP contribution in [-0.4, -0.2) is 0 Å². The smallest absolute Gasteiger partial charge is 0.176 e. The van der Waals surface area contributed by atoms with Crippen molar-refractivity contribution in [1.29, 1.82) is 0 Å². The van der Waals surface area contributed by atoms with Gasteiger partial charge in [-0.1, -0.05) is 30.3 Å². The lowest BCUT2D eigenvalue weighted by molar-refractivity contribution is 0.488. The fourth-order valence-electron chi connectivity index (χ4n) is 1.46. The van der Waals surface area contributed by atoms with Gasteiger partial charge in [-0.05, 0) is 44.1 Å². The van der Waals surface area contributed by atoms with E-state index in [-0.39, 0.29) is 9.13 Å². The van der Waals surface area contributed by atoms with E-state index < -0.39 is 21.9 Å². The summed E-state index contributed by atoms with van der Waals surface area (Å²) >= 11 is 4.36. The summed E-state index contributed by atoms with van der Waals surface area (Å²) in [5.74, 6) is -3.04. The Morgan fingerprint density at radius 2 is 1.47 bits per heavy atom. The maximum Gasteiger partial charge on any atom is 0.176 e. The third kappa shape index (κ3) is 2.22. The number of halogens is 5. The van der Waals surface area contributed by atoms with Crippen LogP contribution in [0.4, 0.5) is 13.2 Å². The molecule has 0 amide bonds. The number of rotatable bonds is 1. The molecule has 0 spiro atoms. The van der Waals surface area contributed by atoms with Gasteiger partial charge in [0.2, 0.25) is 0 Å². The Kier molecular flexibility index (Phi) is 3.77. The Hall–Kier alpha value is -0.560. The lowest BCUT2D eigenvalue weighted by Crippen LogP contribution is -1.99. The average Bonchev–Trinajstić information content (AvgIpc) is 2.36. The molecule has 17 heavy (non-hydrogen) atoms. The maximum absolute atomic E-state index is 13.8. The molecule has 2 aromatic rings. The molecular weight excluding hydrogens is 408 g/mol. The van der Waals surface area contributed by atoms with E-state index in [9.17, 15) is 13.2 Å². The zero-order valence-electron chi connectivity index (χ0n) is 8.28. The topological polar surface area (TPSA) is 0 Å². The van der Waals surface area contributed by atoms with Crippen molar-refractivity contribution in [3.63, 3.8) is 0 Å². The molecule has 88 valence electrons. The highest BCUT2D eigenvalue weighted by atomic mass is 127. The summed E-state index contributed by atoms with van der Waals surface area (Å²) in [6.07, 6.45) is 0. The molecular formula is C12H5BrF3I. The SMILES string of the molecule is Fc1c(F)c(-c2ccccc2)c(I)c(F)c1Br. The van der Waals surface area contributed by atoms with Gasteiger partial charge in [-0.15, -0.1) is 0 Å². The van der Waals surface area contributed by atoms with E-state index >= 15 is 0 Å². The molecule has 0 nitrogen and oxygen atoms in total. The van der Waals surface area contributed by atoms with Crippen molar-refractivity contribution >= 4 is 38.5 Å². The molecule has 0 radical (unpaired) electrons. The Morgan fingerprint density at radius 1 is 0.882 bits per heavy atom. The van der Waals surface area contributed by atoms with Crippen LogP contribution in [0, 0.1) is 21.0 Å². The standard InChI is InChI=1S/C12H5BrF3I/c13-8-10(15)9(14)7(12(17)11(8)16)6-4-2-1-3-5-6/h1-5H. The lowest BCUT2D eigenvalue weighted by Gasteiger charge is -2.10. The van der Waals surface area contributed by atoms with Crippen molar-refractivity contribution in [1.82, 2.24) is 0 Å². The lowest BCUT2D eigenvalue weighted by atomic mass is 10.0. The van der Waals surface area contributed by atoms with Gasteiger partial charge in [-0.2, -0.15) is 0 Å². The Bertz CT molecular complexity index is 541. The third-order valence-electron chi connectivity index (χ3n) is 2.27. The summed E-state index contributed by atoms with van der Waals surface area (Å²) in [6, 6.07) is 8.33. The third-order valence-corrected chi connectivity index (χ3v) is 3.98. The van der Waals surface area contributed by atoms with Gasteiger partial charge in [0.05, 0.1) is 8.04 Å². The second-order valence-electron chi connectivity index (χ2n) is 3.31. The van der Waals surface area contributed by atoms with Crippen LogP contribution >= 0.6 is 38.5 Å². The number of benzene rings is 2.